The van der Waals surface area contributed by atoms with E-state index in [1.54, 1.807) is 0 Å². The fourth-order valence-electron chi connectivity index (χ4n) is 4.71. The van der Waals surface area contributed by atoms with Crippen LogP contribution >= 0.6 is 0 Å². The molecule has 0 aromatic heterocycles. The first kappa shape index (κ1) is 11.3. The molecule has 1 aromatic rings. The summed E-state index contributed by atoms with van der Waals surface area (Å²) in [5.41, 5.74) is 1.26. The van der Waals surface area contributed by atoms with E-state index >= 15 is 0 Å². The monoisotopic (exact) mass is 253 g/mol. The van der Waals surface area contributed by atoms with Crippen molar-refractivity contribution in [2.24, 2.45) is 17.3 Å². The van der Waals surface area contributed by atoms with Crippen LogP contribution in [-0.2, 0) is 0 Å². The van der Waals surface area contributed by atoms with Gasteiger partial charge in [-0.25, -0.2) is 0 Å². The highest BCUT2D eigenvalue weighted by Gasteiger charge is 2.52. The van der Waals surface area contributed by atoms with E-state index in [-0.39, 0.29) is 5.41 Å². The normalized spacial score (nSPS) is 38.8. The van der Waals surface area contributed by atoms with Gasteiger partial charge in [0.05, 0.1) is 18.1 Å². The highest BCUT2D eigenvalue weighted by Crippen LogP contribution is 2.59. The molecule has 2 heteroatoms. The van der Waals surface area contributed by atoms with Gasteiger partial charge in [0.25, 0.3) is 0 Å². The van der Waals surface area contributed by atoms with Crippen molar-refractivity contribution >= 4 is 0 Å². The number of rotatable bonds is 2. The molecule has 0 amide bonds. The van der Waals surface area contributed by atoms with E-state index < -0.39 is 0 Å². The van der Waals surface area contributed by atoms with Gasteiger partial charge in [0.2, 0.25) is 0 Å². The lowest BCUT2D eigenvalue weighted by Gasteiger charge is -2.33. The number of hydrogen-bond acceptors (Lipinski definition) is 2. The first-order chi connectivity index (χ1) is 9.31. The summed E-state index contributed by atoms with van der Waals surface area (Å²) in [6.45, 7) is 0.764. The number of fused-ring (bicyclic) bond motifs is 3. The quantitative estimate of drug-likeness (QED) is 0.801. The Labute approximate surface area is 114 Å². The molecule has 2 aliphatic carbocycles. The highest BCUT2D eigenvalue weighted by molar-refractivity contribution is 5.40. The fourth-order valence-corrected chi connectivity index (χ4v) is 4.71. The van der Waals surface area contributed by atoms with Crippen molar-refractivity contribution in [3.05, 3.63) is 29.8 Å². The Balaban J connectivity index is 1.61. The Bertz CT molecular complexity index is 546. The molecule has 1 heterocycles. The van der Waals surface area contributed by atoms with Gasteiger partial charge in [0.1, 0.15) is 5.75 Å². The smallest absolute Gasteiger partial charge is 0.122 e. The molecule has 2 fully saturated rings. The molecule has 0 N–H and O–H groups in total. The van der Waals surface area contributed by atoms with Crippen molar-refractivity contribution in [1.29, 1.82) is 5.26 Å². The molecule has 0 saturated heterocycles. The van der Waals surface area contributed by atoms with Crippen LogP contribution in [0.5, 0.6) is 5.75 Å². The zero-order valence-electron chi connectivity index (χ0n) is 11.1. The van der Waals surface area contributed by atoms with E-state index in [1.165, 1.54) is 24.8 Å². The number of para-hydroxylation sites is 1. The van der Waals surface area contributed by atoms with Crippen molar-refractivity contribution in [3.63, 3.8) is 0 Å². The summed E-state index contributed by atoms with van der Waals surface area (Å²) >= 11 is 0. The summed E-state index contributed by atoms with van der Waals surface area (Å²) < 4.78 is 5.78. The minimum absolute atomic E-state index is 0.0611. The van der Waals surface area contributed by atoms with Crippen molar-refractivity contribution in [2.45, 2.75) is 38.0 Å². The summed E-state index contributed by atoms with van der Waals surface area (Å²) in [4.78, 5) is 0. The number of ether oxygens (including phenoxy) is 1. The maximum atomic E-state index is 9.76. The van der Waals surface area contributed by atoms with Gasteiger partial charge in [-0.1, -0.05) is 24.6 Å². The zero-order valence-corrected chi connectivity index (χ0v) is 11.1. The van der Waals surface area contributed by atoms with Gasteiger partial charge in [0, 0.05) is 11.5 Å². The third-order valence-electron chi connectivity index (χ3n) is 5.61. The standard InChI is InChI=1S/C17H19NO/c18-11-17(8-12-5-6-14(17)7-12)9-13-10-19-16-4-2-1-3-15(13)16/h1-4,12-14H,5-10H2. The second-order valence-corrected chi connectivity index (χ2v) is 6.60. The van der Waals surface area contributed by atoms with Crippen LogP contribution in [0.15, 0.2) is 24.3 Å². The first-order valence-corrected chi connectivity index (χ1v) is 7.44. The average molecular weight is 253 g/mol. The number of nitriles is 1. The number of benzene rings is 1. The molecule has 1 aromatic carbocycles. The second-order valence-electron chi connectivity index (χ2n) is 6.60. The van der Waals surface area contributed by atoms with E-state index in [9.17, 15) is 5.26 Å². The maximum absolute atomic E-state index is 9.76. The minimum Gasteiger partial charge on any atom is -0.493 e. The Kier molecular flexibility index (Phi) is 2.39. The molecule has 4 rings (SSSR count). The Hall–Kier alpha value is -1.49. The van der Waals surface area contributed by atoms with Gasteiger partial charge in [-0.15, -0.1) is 0 Å². The Morgan fingerprint density at radius 3 is 2.95 bits per heavy atom. The van der Waals surface area contributed by atoms with Crippen LogP contribution in [-0.4, -0.2) is 6.61 Å². The summed E-state index contributed by atoms with van der Waals surface area (Å²) in [6.07, 6.45) is 6.05. The molecule has 19 heavy (non-hydrogen) atoms. The van der Waals surface area contributed by atoms with Crippen molar-refractivity contribution in [1.82, 2.24) is 0 Å². The van der Waals surface area contributed by atoms with E-state index in [1.807, 2.05) is 6.07 Å². The van der Waals surface area contributed by atoms with E-state index in [2.05, 4.69) is 24.3 Å². The molecule has 2 nitrogen and oxygen atoms in total. The molecule has 0 spiro atoms. The van der Waals surface area contributed by atoms with Crippen LogP contribution in [0.2, 0.25) is 0 Å². The molecule has 0 radical (unpaired) electrons. The van der Waals surface area contributed by atoms with Crippen LogP contribution in [0, 0.1) is 28.6 Å². The minimum atomic E-state index is -0.0611. The van der Waals surface area contributed by atoms with Crippen molar-refractivity contribution < 1.29 is 4.74 Å². The summed E-state index contributed by atoms with van der Waals surface area (Å²) in [6, 6.07) is 11.0. The summed E-state index contributed by atoms with van der Waals surface area (Å²) in [5.74, 6) is 2.93. The predicted octanol–water partition coefficient (Wildman–Crippen LogP) is 3.88. The van der Waals surface area contributed by atoms with Crippen LogP contribution < -0.4 is 4.74 Å². The Morgan fingerprint density at radius 2 is 2.21 bits per heavy atom. The van der Waals surface area contributed by atoms with Crippen LogP contribution in [0.25, 0.3) is 0 Å². The third-order valence-corrected chi connectivity index (χ3v) is 5.61. The van der Waals surface area contributed by atoms with Crippen molar-refractivity contribution in [2.75, 3.05) is 6.61 Å². The lowest BCUT2D eigenvalue weighted by molar-refractivity contribution is 0.194. The van der Waals surface area contributed by atoms with E-state index in [0.717, 1.165) is 31.1 Å². The number of hydrogen-bond donors (Lipinski definition) is 0. The summed E-state index contributed by atoms with van der Waals surface area (Å²) in [7, 11) is 0. The van der Waals surface area contributed by atoms with E-state index in [4.69, 9.17) is 4.74 Å². The SMILES string of the molecule is N#CC1(CC2COc3ccccc32)CC2CCC1C2. The molecule has 2 saturated carbocycles. The Morgan fingerprint density at radius 1 is 1.32 bits per heavy atom. The second kappa shape index (κ2) is 4.00. The first-order valence-electron chi connectivity index (χ1n) is 7.44. The largest absolute Gasteiger partial charge is 0.493 e. The van der Waals surface area contributed by atoms with Gasteiger partial charge in [-0.2, -0.15) is 5.26 Å². The highest BCUT2D eigenvalue weighted by atomic mass is 16.5. The third kappa shape index (κ3) is 1.61. The van der Waals surface area contributed by atoms with Gasteiger partial charge in [0.15, 0.2) is 0 Å². The molecule has 4 atom stereocenters. The van der Waals surface area contributed by atoms with Crippen LogP contribution in [0.1, 0.15) is 43.6 Å². The van der Waals surface area contributed by atoms with Crippen molar-refractivity contribution in [3.8, 4) is 11.8 Å². The average Bonchev–Trinajstić information content (AvgIpc) is 3.14. The summed E-state index contributed by atoms with van der Waals surface area (Å²) in [5, 5.41) is 9.76. The van der Waals surface area contributed by atoms with Gasteiger partial charge < -0.3 is 4.74 Å². The molecule has 98 valence electrons. The lowest BCUT2D eigenvalue weighted by atomic mass is 9.68. The maximum Gasteiger partial charge on any atom is 0.122 e. The number of nitrogens with zero attached hydrogens (tertiary/aromatic N) is 1. The topological polar surface area (TPSA) is 33.0 Å². The lowest BCUT2D eigenvalue weighted by Crippen LogP contribution is -2.28. The molecular formula is C17H19NO. The fraction of sp³-hybridized carbons (Fsp3) is 0.588. The molecule has 2 bridgehead atoms. The van der Waals surface area contributed by atoms with Crippen LogP contribution in [0.3, 0.4) is 0 Å². The van der Waals surface area contributed by atoms with Gasteiger partial charge in [-0.3, -0.25) is 0 Å². The van der Waals surface area contributed by atoms with Gasteiger partial charge in [-0.05, 0) is 43.6 Å². The molecule has 3 aliphatic rings. The van der Waals surface area contributed by atoms with Gasteiger partial charge >= 0.3 is 0 Å². The molecule has 1 aliphatic heterocycles. The predicted molar refractivity (Wildman–Crippen MR) is 72.8 cm³/mol. The molecular weight excluding hydrogens is 234 g/mol. The zero-order chi connectivity index (χ0) is 12.9. The molecule has 4 unspecified atom stereocenters. The van der Waals surface area contributed by atoms with Crippen LogP contribution in [0.4, 0.5) is 0 Å². The van der Waals surface area contributed by atoms with E-state index in [0.29, 0.717) is 11.8 Å².